The third-order valence-electron chi connectivity index (χ3n) is 6.40. The Morgan fingerprint density at radius 3 is 2.48 bits per heavy atom. The highest BCUT2D eigenvalue weighted by Gasteiger charge is 2.25. The molecule has 0 radical (unpaired) electrons. The summed E-state index contributed by atoms with van der Waals surface area (Å²) in [5, 5.41) is 6.65. The van der Waals surface area contributed by atoms with Crippen LogP contribution in [0.25, 0.3) is 0 Å². The molecular weight excluding hydrogens is 393 g/mol. The van der Waals surface area contributed by atoms with Crippen molar-refractivity contribution >= 4 is 17.7 Å². The van der Waals surface area contributed by atoms with Crippen LogP contribution in [0.3, 0.4) is 0 Å². The number of halogens is 1. The van der Waals surface area contributed by atoms with E-state index < -0.39 is 0 Å². The molecule has 1 fully saturated rings. The van der Waals surface area contributed by atoms with Crippen LogP contribution in [0.5, 0.6) is 0 Å². The Morgan fingerprint density at radius 1 is 1.06 bits per heavy atom. The molecule has 0 atom stereocenters. The standard InChI is InChI=1S/C24H32FN5O/c1-15-14-16(8-13-20(15)25)23(31)26-17-9-11-18(12-10-17)27-24-28-21-7-5-4-6-19(21)22(29-24)30(2)3/h8,13-14,17-18H,4-7,9-12H2,1-3H3,(H,26,31)(H,27,28,29)/t17-,18+. The Hall–Kier alpha value is -2.70. The van der Waals surface area contributed by atoms with Gasteiger partial charge in [-0.3, -0.25) is 4.79 Å². The number of fused-ring (bicyclic) bond motifs is 1. The number of rotatable bonds is 5. The Labute approximate surface area is 183 Å². The maximum Gasteiger partial charge on any atom is 0.251 e. The number of carbonyl (C=O) groups excluding carboxylic acids is 1. The first kappa shape index (κ1) is 21.5. The van der Waals surface area contributed by atoms with Crippen LogP contribution in [0, 0.1) is 12.7 Å². The predicted molar refractivity (Wildman–Crippen MR) is 121 cm³/mol. The van der Waals surface area contributed by atoms with Crippen molar-refractivity contribution in [2.75, 3.05) is 24.3 Å². The average Bonchev–Trinajstić information content (AvgIpc) is 2.76. The van der Waals surface area contributed by atoms with Crippen LogP contribution in [0.15, 0.2) is 18.2 Å². The molecule has 0 aliphatic heterocycles. The SMILES string of the molecule is Cc1cc(C(=O)N[C@H]2CC[C@@H](Nc3nc4c(c(N(C)C)n3)CCCC4)CC2)ccc1F. The minimum absolute atomic E-state index is 0.131. The van der Waals surface area contributed by atoms with Crippen molar-refractivity contribution < 1.29 is 9.18 Å². The maximum atomic E-state index is 13.5. The molecule has 166 valence electrons. The van der Waals surface area contributed by atoms with Crippen LogP contribution < -0.4 is 15.5 Å². The molecule has 1 aromatic carbocycles. The van der Waals surface area contributed by atoms with Gasteiger partial charge in [0.05, 0.1) is 5.69 Å². The minimum atomic E-state index is -0.287. The molecule has 0 bridgehead atoms. The Kier molecular flexibility index (Phi) is 6.39. The highest BCUT2D eigenvalue weighted by molar-refractivity contribution is 5.94. The lowest BCUT2D eigenvalue weighted by Crippen LogP contribution is -2.40. The summed E-state index contributed by atoms with van der Waals surface area (Å²) in [7, 11) is 4.08. The van der Waals surface area contributed by atoms with E-state index in [1.807, 2.05) is 14.1 Å². The van der Waals surface area contributed by atoms with Crippen LogP contribution in [0.1, 0.15) is 65.7 Å². The zero-order valence-corrected chi connectivity index (χ0v) is 18.7. The van der Waals surface area contributed by atoms with Gasteiger partial charge in [0, 0.05) is 37.3 Å². The number of hydrogen-bond donors (Lipinski definition) is 2. The summed E-state index contributed by atoms with van der Waals surface area (Å²) in [5.74, 6) is 1.33. The Balaban J connectivity index is 1.34. The molecule has 2 aliphatic carbocycles. The normalized spacial score (nSPS) is 20.6. The Bertz CT molecular complexity index is 953. The van der Waals surface area contributed by atoms with Gasteiger partial charge >= 0.3 is 0 Å². The number of nitrogens with one attached hydrogen (secondary N) is 2. The molecule has 2 N–H and O–H groups in total. The first-order valence-electron chi connectivity index (χ1n) is 11.3. The topological polar surface area (TPSA) is 70.2 Å². The van der Waals surface area contributed by atoms with Gasteiger partial charge in [-0.1, -0.05) is 0 Å². The van der Waals surface area contributed by atoms with Crippen molar-refractivity contribution in [1.82, 2.24) is 15.3 Å². The molecule has 6 nitrogen and oxygen atoms in total. The fourth-order valence-electron chi connectivity index (χ4n) is 4.63. The molecule has 2 aliphatic rings. The number of carbonyl (C=O) groups is 1. The summed E-state index contributed by atoms with van der Waals surface area (Å²) in [6, 6.07) is 4.94. The molecule has 31 heavy (non-hydrogen) atoms. The maximum absolute atomic E-state index is 13.5. The van der Waals surface area contributed by atoms with Crippen molar-refractivity contribution in [2.45, 2.75) is 70.4 Å². The molecule has 1 saturated carbocycles. The van der Waals surface area contributed by atoms with Crippen LogP contribution >= 0.6 is 0 Å². The molecule has 1 aromatic heterocycles. The predicted octanol–water partition coefficient (Wildman–Crippen LogP) is 4.02. The van der Waals surface area contributed by atoms with Crippen LogP contribution in [-0.2, 0) is 12.8 Å². The zero-order valence-electron chi connectivity index (χ0n) is 18.7. The first-order valence-corrected chi connectivity index (χ1v) is 11.3. The fraction of sp³-hybridized carbons (Fsp3) is 0.542. The number of anilines is 2. The number of aromatic nitrogens is 2. The van der Waals surface area contributed by atoms with E-state index in [0.29, 0.717) is 17.2 Å². The van der Waals surface area contributed by atoms with Gasteiger partial charge in [0.15, 0.2) is 0 Å². The van der Waals surface area contributed by atoms with Crippen molar-refractivity contribution in [3.63, 3.8) is 0 Å². The lowest BCUT2D eigenvalue weighted by Gasteiger charge is -2.30. The van der Waals surface area contributed by atoms with E-state index in [-0.39, 0.29) is 17.8 Å². The van der Waals surface area contributed by atoms with E-state index in [1.165, 1.54) is 30.2 Å². The van der Waals surface area contributed by atoms with Gasteiger partial charge < -0.3 is 15.5 Å². The summed E-state index contributed by atoms with van der Waals surface area (Å²) in [6.07, 6.45) is 8.17. The second-order valence-corrected chi connectivity index (χ2v) is 9.03. The third kappa shape index (κ3) is 4.97. The van der Waals surface area contributed by atoms with Gasteiger partial charge in [0.1, 0.15) is 11.6 Å². The number of benzene rings is 1. The fourth-order valence-corrected chi connectivity index (χ4v) is 4.63. The van der Waals surface area contributed by atoms with E-state index in [4.69, 9.17) is 9.97 Å². The zero-order chi connectivity index (χ0) is 22.0. The lowest BCUT2D eigenvalue weighted by atomic mass is 9.91. The van der Waals surface area contributed by atoms with Gasteiger partial charge in [-0.25, -0.2) is 9.37 Å². The highest BCUT2D eigenvalue weighted by atomic mass is 19.1. The third-order valence-corrected chi connectivity index (χ3v) is 6.40. The van der Waals surface area contributed by atoms with Gasteiger partial charge in [-0.15, -0.1) is 0 Å². The molecule has 1 amide bonds. The second-order valence-electron chi connectivity index (χ2n) is 9.03. The van der Waals surface area contributed by atoms with E-state index in [9.17, 15) is 9.18 Å². The van der Waals surface area contributed by atoms with E-state index in [0.717, 1.165) is 50.3 Å². The Morgan fingerprint density at radius 2 is 1.77 bits per heavy atom. The molecular formula is C24H32FN5O. The molecule has 7 heteroatoms. The van der Waals surface area contributed by atoms with Crippen LogP contribution in [-0.4, -0.2) is 42.1 Å². The molecule has 1 heterocycles. The number of aryl methyl sites for hydroxylation is 2. The van der Waals surface area contributed by atoms with E-state index in [1.54, 1.807) is 19.1 Å². The monoisotopic (exact) mass is 425 g/mol. The summed E-state index contributed by atoms with van der Waals surface area (Å²) in [5.41, 5.74) is 3.48. The molecule has 0 unspecified atom stereocenters. The van der Waals surface area contributed by atoms with Crippen LogP contribution in [0.2, 0.25) is 0 Å². The highest BCUT2D eigenvalue weighted by Crippen LogP contribution is 2.29. The van der Waals surface area contributed by atoms with E-state index in [2.05, 4.69) is 15.5 Å². The minimum Gasteiger partial charge on any atom is -0.362 e. The summed E-state index contributed by atoms with van der Waals surface area (Å²) < 4.78 is 13.5. The van der Waals surface area contributed by atoms with Gasteiger partial charge in [-0.2, -0.15) is 4.98 Å². The van der Waals surface area contributed by atoms with Gasteiger partial charge in [0.25, 0.3) is 5.91 Å². The van der Waals surface area contributed by atoms with Gasteiger partial charge in [-0.05, 0) is 82.1 Å². The quantitative estimate of drug-likeness (QED) is 0.757. The molecule has 2 aromatic rings. The number of hydrogen-bond acceptors (Lipinski definition) is 5. The molecule has 0 spiro atoms. The van der Waals surface area contributed by atoms with Crippen molar-refractivity contribution in [2.24, 2.45) is 0 Å². The molecule has 0 saturated heterocycles. The summed E-state index contributed by atoms with van der Waals surface area (Å²) in [4.78, 5) is 24.2. The van der Waals surface area contributed by atoms with Crippen molar-refractivity contribution in [3.05, 3.63) is 46.4 Å². The number of nitrogens with zero attached hydrogens (tertiary/aromatic N) is 3. The van der Waals surface area contributed by atoms with Crippen molar-refractivity contribution in [1.29, 1.82) is 0 Å². The first-order chi connectivity index (χ1) is 14.9. The lowest BCUT2D eigenvalue weighted by molar-refractivity contribution is 0.0926. The van der Waals surface area contributed by atoms with E-state index >= 15 is 0 Å². The number of amides is 1. The summed E-state index contributed by atoms with van der Waals surface area (Å²) >= 11 is 0. The van der Waals surface area contributed by atoms with Crippen LogP contribution in [0.4, 0.5) is 16.2 Å². The van der Waals surface area contributed by atoms with Crippen molar-refractivity contribution in [3.8, 4) is 0 Å². The second kappa shape index (κ2) is 9.20. The smallest absolute Gasteiger partial charge is 0.251 e. The molecule has 4 rings (SSSR count). The summed E-state index contributed by atoms with van der Waals surface area (Å²) in [6.45, 7) is 1.67. The largest absolute Gasteiger partial charge is 0.362 e. The van der Waals surface area contributed by atoms with Gasteiger partial charge in [0.2, 0.25) is 5.95 Å². The average molecular weight is 426 g/mol.